The molecule has 3 N–H and O–H groups in total. The average Bonchev–Trinajstić information content (AvgIpc) is 2.47. The van der Waals surface area contributed by atoms with Crippen molar-refractivity contribution in [3.63, 3.8) is 0 Å². The van der Waals surface area contributed by atoms with Gasteiger partial charge < -0.3 is 11.1 Å². The van der Waals surface area contributed by atoms with Crippen molar-refractivity contribution in [1.29, 1.82) is 0 Å². The topological polar surface area (TPSA) is 55.1 Å². The Morgan fingerprint density at radius 3 is 2.52 bits per heavy atom. The van der Waals surface area contributed by atoms with Crippen LogP contribution in [0.5, 0.6) is 0 Å². The van der Waals surface area contributed by atoms with Crippen molar-refractivity contribution in [2.45, 2.75) is 25.3 Å². The Hall–Kier alpha value is -1.94. The summed E-state index contributed by atoms with van der Waals surface area (Å²) in [6, 6.07) is 8.19. The van der Waals surface area contributed by atoms with Gasteiger partial charge in [-0.1, -0.05) is 31.7 Å². The van der Waals surface area contributed by atoms with E-state index in [0.717, 1.165) is 11.3 Å². The van der Waals surface area contributed by atoms with Crippen molar-refractivity contribution in [3.05, 3.63) is 65.9 Å². The zero-order valence-corrected chi connectivity index (χ0v) is 13.4. The number of allylic oxidation sites excluding steroid dienone is 3. The van der Waals surface area contributed by atoms with Crippen LogP contribution in [0.4, 0.5) is 0 Å². The van der Waals surface area contributed by atoms with E-state index in [1.165, 1.54) is 11.0 Å². The quantitative estimate of drug-likeness (QED) is 0.461. The van der Waals surface area contributed by atoms with Gasteiger partial charge in [0.05, 0.1) is 0 Å². The van der Waals surface area contributed by atoms with E-state index in [0.29, 0.717) is 17.8 Å². The first-order chi connectivity index (χ1) is 10.1. The predicted octanol–water partition coefficient (Wildman–Crippen LogP) is 3.39. The van der Waals surface area contributed by atoms with Crippen LogP contribution in [0.15, 0.2) is 65.2 Å². The number of thioether (sulfide) groups is 1. The second-order valence-electron chi connectivity index (χ2n) is 4.50. The maximum absolute atomic E-state index is 12.0. The maximum atomic E-state index is 12.0. The average molecular weight is 302 g/mol. The number of carbonyl (C=O) groups excluding carboxylic acids is 1. The van der Waals surface area contributed by atoms with Gasteiger partial charge in [0.25, 0.3) is 5.91 Å². The first-order valence-electron chi connectivity index (χ1n) is 6.83. The molecule has 0 atom stereocenters. The van der Waals surface area contributed by atoms with Crippen molar-refractivity contribution in [2.24, 2.45) is 5.73 Å². The van der Waals surface area contributed by atoms with Crippen molar-refractivity contribution in [1.82, 2.24) is 5.32 Å². The third-order valence-corrected chi connectivity index (χ3v) is 3.59. The van der Waals surface area contributed by atoms with Gasteiger partial charge in [0.2, 0.25) is 0 Å². The van der Waals surface area contributed by atoms with E-state index in [9.17, 15) is 4.79 Å². The van der Waals surface area contributed by atoms with Gasteiger partial charge in [0, 0.05) is 22.7 Å². The molecule has 0 aliphatic heterocycles. The molecular formula is C17H22N2OS. The van der Waals surface area contributed by atoms with Crippen LogP contribution in [0.25, 0.3) is 0 Å². The summed E-state index contributed by atoms with van der Waals surface area (Å²) in [6.45, 7) is 8.03. The lowest BCUT2D eigenvalue weighted by Crippen LogP contribution is -2.23. The summed E-state index contributed by atoms with van der Waals surface area (Å²) in [4.78, 5) is 13.2. The lowest BCUT2D eigenvalue weighted by molar-refractivity contribution is -0.117. The van der Waals surface area contributed by atoms with Gasteiger partial charge in [0.15, 0.2) is 0 Å². The van der Waals surface area contributed by atoms with E-state index >= 15 is 0 Å². The molecule has 0 aliphatic carbocycles. The minimum Gasteiger partial charge on any atom is -0.402 e. The molecule has 1 aromatic carbocycles. The molecule has 21 heavy (non-hydrogen) atoms. The van der Waals surface area contributed by atoms with Crippen LogP contribution < -0.4 is 11.1 Å². The molecule has 3 nitrogen and oxygen atoms in total. The number of rotatable bonds is 7. The van der Waals surface area contributed by atoms with E-state index in [-0.39, 0.29) is 5.91 Å². The van der Waals surface area contributed by atoms with Crippen LogP contribution >= 0.6 is 11.8 Å². The molecular weight excluding hydrogens is 280 g/mol. The Morgan fingerprint density at radius 2 is 2.00 bits per heavy atom. The third-order valence-electron chi connectivity index (χ3n) is 2.70. The van der Waals surface area contributed by atoms with Gasteiger partial charge in [0.1, 0.15) is 0 Å². The fourth-order valence-corrected chi connectivity index (χ4v) is 2.27. The van der Waals surface area contributed by atoms with E-state index in [1.807, 2.05) is 12.1 Å². The number of nitrogens with one attached hydrogen (secondary N) is 1. The van der Waals surface area contributed by atoms with Crippen LogP contribution in [-0.4, -0.2) is 11.7 Å². The molecule has 0 saturated heterocycles. The Balaban J connectivity index is 2.61. The molecule has 112 valence electrons. The highest BCUT2D eigenvalue weighted by Gasteiger charge is 2.04. The number of benzene rings is 1. The molecule has 1 aromatic rings. The summed E-state index contributed by atoms with van der Waals surface area (Å²) in [5.41, 5.74) is 7.76. The summed E-state index contributed by atoms with van der Waals surface area (Å²) in [5.74, 6) is 0.895. The van der Waals surface area contributed by atoms with Crippen LogP contribution in [0.2, 0.25) is 0 Å². The van der Waals surface area contributed by atoms with Crippen LogP contribution in [0, 0.1) is 0 Å². The molecule has 0 spiro atoms. The molecule has 0 radical (unpaired) electrons. The van der Waals surface area contributed by atoms with E-state index in [4.69, 9.17) is 5.73 Å². The Bertz CT molecular complexity index is 540. The minimum absolute atomic E-state index is 0.158. The zero-order valence-electron chi connectivity index (χ0n) is 12.6. The normalized spacial score (nSPS) is 12.1. The van der Waals surface area contributed by atoms with Gasteiger partial charge >= 0.3 is 0 Å². The summed E-state index contributed by atoms with van der Waals surface area (Å²) in [7, 11) is 0. The monoisotopic (exact) mass is 302 g/mol. The van der Waals surface area contributed by atoms with Crippen molar-refractivity contribution in [2.75, 3.05) is 5.75 Å². The van der Waals surface area contributed by atoms with E-state index in [1.54, 1.807) is 30.8 Å². The van der Waals surface area contributed by atoms with Gasteiger partial charge in [-0.05, 0) is 42.5 Å². The number of hydrogen-bond donors (Lipinski definition) is 2. The van der Waals surface area contributed by atoms with Crippen molar-refractivity contribution in [3.8, 4) is 0 Å². The summed E-state index contributed by atoms with van der Waals surface area (Å²) in [5, 5.41) is 2.87. The highest BCUT2D eigenvalue weighted by atomic mass is 32.2. The zero-order chi connectivity index (χ0) is 15.7. The van der Waals surface area contributed by atoms with Crippen LogP contribution in [0.3, 0.4) is 0 Å². The fourth-order valence-electron chi connectivity index (χ4n) is 1.61. The molecule has 0 aromatic heterocycles. The molecule has 0 saturated carbocycles. The summed E-state index contributed by atoms with van der Waals surface area (Å²) >= 11 is 1.80. The van der Waals surface area contributed by atoms with E-state index in [2.05, 4.69) is 31.0 Å². The fraction of sp³-hybridized carbons (Fsp3) is 0.235. The molecule has 0 unspecified atom stereocenters. The number of nitrogens with two attached hydrogens (primary N) is 1. The minimum atomic E-state index is -0.158. The highest BCUT2D eigenvalue weighted by molar-refractivity contribution is 7.99. The van der Waals surface area contributed by atoms with Gasteiger partial charge in [-0.2, -0.15) is 0 Å². The molecule has 1 amide bonds. The summed E-state index contributed by atoms with van der Waals surface area (Å²) in [6.07, 6.45) is 4.88. The lowest BCUT2D eigenvalue weighted by atomic mass is 10.2. The van der Waals surface area contributed by atoms with Crippen LogP contribution in [-0.2, 0) is 11.3 Å². The summed E-state index contributed by atoms with van der Waals surface area (Å²) < 4.78 is 0. The maximum Gasteiger partial charge on any atom is 0.251 e. The molecule has 0 fully saturated rings. The van der Waals surface area contributed by atoms with Crippen LogP contribution in [0.1, 0.15) is 19.4 Å². The van der Waals surface area contributed by atoms with Crippen molar-refractivity contribution < 1.29 is 4.79 Å². The molecule has 0 heterocycles. The third kappa shape index (κ3) is 6.36. The SMILES string of the molecule is C=C/C(=C\C=C(\C)N)C(=O)NCc1ccc(SCC)cc1. The smallest absolute Gasteiger partial charge is 0.251 e. The van der Waals surface area contributed by atoms with Gasteiger partial charge in [-0.15, -0.1) is 11.8 Å². The molecule has 4 heteroatoms. The molecule has 0 bridgehead atoms. The second-order valence-corrected chi connectivity index (χ2v) is 5.83. The first-order valence-corrected chi connectivity index (χ1v) is 7.81. The first kappa shape index (κ1) is 17.1. The largest absolute Gasteiger partial charge is 0.402 e. The van der Waals surface area contributed by atoms with Gasteiger partial charge in [-0.25, -0.2) is 0 Å². The number of amides is 1. The standard InChI is InChI=1S/C17H22N2OS/c1-4-15(9-6-13(3)18)17(20)19-12-14-7-10-16(11-8-14)21-5-2/h4,6-11H,1,5,12,18H2,2-3H3,(H,19,20)/b13-6-,15-9+. The van der Waals surface area contributed by atoms with Crippen molar-refractivity contribution >= 4 is 17.7 Å². The second kappa shape index (κ2) is 9.08. The highest BCUT2D eigenvalue weighted by Crippen LogP contribution is 2.17. The molecule has 0 aliphatic rings. The Labute approximate surface area is 131 Å². The Kier molecular flexibility index (Phi) is 7.40. The van der Waals surface area contributed by atoms with E-state index < -0.39 is 0 Å². The Morgan fingerprint density at radius 1 is 1.33 bits per heavy atom. The lowest BCUT2D eigenvalue weighted by Gasteiger charge is -2.06. The van der Waals surface area contributed by atoms with Gasteiger partial charge in [-0.3, -0.25) is 4.79 Å². The molecule has 1 rings (SSSR count). The number of hydrogen-bond acceptors (Lipinski definition) is 3. The number of carbonyl (C=O) groups is 1. The predicted molar refractivity (Wildman–Crippen MR) is 90.9 cm³/mol.